The van der Waals surface area contributed by atoms with Gasteiger partial charge in [0.15, 0.2) is 0 Å². The quantitative estimate of drug-likeness (QED) is 0.823. The smallest absolute Gasteiger partial charge is 0.230 e. The minimum Gasteiger partial charge on any atom is -0.350 e. The fourth-order valence-corrected chi connectivity index (χ4v) is 2.86. The van der Waals surface area contributed by atoms with Crippen LogP contribution in [0, 0.1) is 6.92 Å². The van der Waals surface area contributed by atoms with E-state index < -0.39 is 0 Å². The summed E-state index contributed by atoms with van der Waals surface area (Å²) in [6, 6.07) is 7.89. The van der Waals surface area contributed by atoms with E-state index in [1.165, 1.54) is 5.56 Å². The van der Waals surface area contributed by atoms with Gasteiger partial charge in [-0.3, -0.25) is 9.89 Å². The monoisotopic (exact) mass is 339 g/mol. The second-order valence-electron chi connectivity index (χ2n) is 4.06. The van der Waals surface area contributed by atoms with Gasteiger partial charge in [0.2, 0.25) is 5.91 Å². The Morgan fingerprint density at radius 3 is 3.00 bits per heavy atom. The Balaban J connectivity index is 1.80. The molecule has 2 rings (SSSR count). The van der Waals surface area contributed by atoms with E-state index in [9.17, 15) is 4.79 Å². The molecule has 1 amide bonds. The Bertz CT molecular complexity index is 557. The number of thioether (sulfide) groups is 1. The van der Waals surface area contributed by atoms with Gasteiger partial charge in [-0.25, -0.2) is 0 Å². The van der Waals surface area contributed by atoms with Gasteiger partial charge >= 0.3 is 0 Å². The van der Waals surface area contributed by atoms with E-state index >= 15 is 0 Å². The highest BCUT2D eigenvalue weighted by Crippen LogP contribution is 2.25. The molecule has 0 aliphatic heterocycles. The summed E-state index contributed by atoms with van der Waals surface area (Å²) in [7, 11) is 0. The molecule has 0 spiro atoms. The first-order valence-corrected chi connectivity index (χ1v) is 7.57. The summed E-state index contributed by atoms with van der Waals surface area (Å²) >= 11 is 4.97. The average Bonchev–Trinajstić information content (AvgIpc) is 2.88. The van der Waals surface area contributed by atoms with Crippen LogP contribution >= 0.6 is 27.7 Å². The lowest BCUT2D eigenvalue weighted by Crippen LogP contribution is -2.24. The number of amides is 1. The minimum absolute atomic E-state index is 0.0157. The number of carbonyl (C=O) groups excluding carboxylic acids is 1. The Hall–Kier alpha value is -1.27. The van der Waals surface area contributed by atoms with Crippen molar-refractivity contribution in [3.63, 3.8) is 0 Å². The van der Waals surface area contributed by atoms with Crippen LogP contribution in [0.5, 0.6) is 0 Å². The third-order valence-corrected chi connectivity index (χ3v) is 4.20. The largest absolute Gasteiger partial charge is 0.350 e. The van der Waals surface area contributed by atoms with E-state index in [0.717, 1.165) is 15.1 Å². The number of aromatic nitrogens is 2. The van der Waals surface area contributed by atoms with E-state index in [1.807, 2.05) is 31.2 Å². The molecular weight excluding hydrogens is 326 g/mol. The highest BCUT2D eigenvalue weighted by molar-refractivity contribution is 9.10. The molecule has 6 heteroatoms. The Morgan fingerprint density at radius 2 is 2.32 bits per heavy atom. The molecule has 0 unspecified atom stereocenters. The van der Waals surface area contributed by atoms with Crippen molar-refractivity contribution in [2.24, 2.45) is 0 Å². The Morgan fingerprint density at radius 1 is 1.47 bits per heavy atom. The number of hydrogen-bond acceptors (Lipinski definition) is 3. The van der Waals surface area contributed by atoms with Crippen LogP contribution in [-0.2, 0) is 11.3 Å². The molecule has 2 aromatic rings. The van der Waals surface area contributed by atoms with Crippen LogP contribution in [0.15, 0.2) is 39.8 Å². The third-order valence-electron chi connectivity index (χ3n) is 2.53. The van der Waals surface area contributed by atoms with E-state index in [-0.39, 0.29) is 5.91 Å². The van der Waals surface area contributed by atoms with Crippen LogP contribution in [0.3, 0.4) is 0 Å². The maximum Gasteiger partial charge on any atom is 0.230 e. The number of carbonyl (C=O) groups is 1. The molecule has 1 heterocycles. The molecule has 0 saturated heterocycles. The van der Waals surface area contributed by atoms with Gasteiger partial charge in [0.05, 0.1) is 18.0 Å². The SMILES string of the molecule is Cc1cc(Br)ccc1SCC(=O)NCc1ccn[nH]1. The maximum atomic E-state index is 11.7. The lowest BCUT2D eigenvalue weighted by atomic mass is 10.2. The molecule has 19 heavy (non-hydrogen) atoms. The lowest BCUT2D eigenvalue weighted by molar-refractivity contribution is -0.118. The summed E-state index contributed by atoms with van der Waals surface area (Å²) in [6.07, 6.45) is 1.67. The predicted octanol–water partition coefficient (Wildman–Crippen LogP) is 2.89. The molecule has 0 atom stereocenters. The zero-order chi connectivity index (χ0) is 13.7. The number of aryl methyl sites for hydroxylation is 1. The zero-order valence-corrected chi connectivity index (χ0v) is 12.8. The first kappa shape index (κ1) is 14.1. The fraction of sp³-hybridized carbons (Fsp3) is 0.231. The topological polar surface area (TPSA) is 57.8 Å². The molecule has 0 aliphatic rings. The highest BCUT2D eigenvalue weighted by Gasteiger charge is 2.05. The van der Waals surface area contributed by atoms with Crippen molar-refractivity contribution in [1.82, 2.24) is 15.5 Å². The normalized spacial score (nSPS) is 10.4. The van der Waals surface area contributed by atoms with Crippen LogP contribution in [0.4, 0.5) is 0 Å². The number of nitrogens with one attached hydrogen (secondary N) is 2. The van der Waals surface area contributed by atoms with Crippen LogP contribution < -0.4 is 5.32 Å². The first-order valence-electron chi connectivity index (χ1n) is 5.79. The molecule has 0 fully saturated rings. The number of rotatable bonds is 5. The van der Waals surface area contributed by atoms with Gasteiger partial charge in [-0.1, -0.05) is 15.9 Å². The number of H-pyrrole nitrogens is 1. The van der Waals surface area contributed by atoms with E-state index in [4.69, 9.17) is 0 Å². The molecule has 1 aromatic heterocycles. The second-order valence-corrected chi connectivity index (χ2v) is 5.99. The molecule has 0 radical (unpaired) electrons. The number of benzene rings is 1. The van der Waals surface area contributed by atoms with Crippen molar-refractivity contribution >= 4 is 33.6 Å². The summed E-state index contributed by atoms with van der Waals surface area (Å²) in [5.74, 6) is 0.429. The van der Waals surface area contributed by atoms with Gasteiger partial charge < -0.3 is 5.32 Å². The number of nitrogens with zero attached hydrogens (tertiary/aromatic N) is 1. The van der Waals surface area contributed by atoms with Crippen LogP contribution in [0.1, 0.15) is 11.3 Å². The van der Waals surface area contributed by atoms with Crippen molar-refractivity contribution in [2.45, 2.75) is 18.4 Å². The van der Waals surface area contributed by atoms with Crippen molar-refractivity contribution in [1.29, 1.82) is 0 Å². The van der Waals surface area contributed by atoms with Crippen LogP contribution in [0.2, 0.25) is 0 Å². The van der Waals surface area contributed by atoms with Crippen molar-refractivity contribution in [2.75, 3.05) is 5.75 Å². The van der Waals surface area contributed by atoms with E-state index in [2.05, 4.69) is 31.4 Å². The number of hydrogen-bond donors (Lipinski definition) is 2. The molecule has 1 aromatic carbocycles. The molecule has 0 aliphatic carbocycles. The standard InChI is InChI=1S/C13H14BrN3OS/c1-9-6-10(14)2-3-12(9)19-8-13(18)15-7-11-4-5-16-17-11/h2-6H,7-8H2,1H3,(H,15,18)(H,16,17). The van der Waals surface area contributed by atoms with Gasteiger partial charge in [-0.05, 0) is 36.8 Å². The predicted molar refractivity (Wildman–Crippen MR) is 80.0 cm³/mol. The number of aromatic amines is 1. The van der Waals surface area contributed by atoms with Crippen molar-refractivity contribution in [3.8, 4) is 0 Å². The molecule has 2 N–H and O–H groups in total. The summed E-state index contributed by atoms with van der Waals surface area (Å²) in [4.78, 5) is 12.8. The van der Waals surface area contributed by atoms with Crippen molar-refractivity contribution in [3.05, 3.63) is 46.2 Å². The summed E-state index contributed by atoms with van der Waals surface area (Å²) in [5.41, 5.74) is 2.07. The van der Waals surface area contributed by atoms with E-state index in [1.54, 1.807) is 18.0 Å². The van der Waals surface area contributed by atoms with Crippen molar-refractivity contribution < 1.29 is 4.79 Å². The zero-order valence-electron chi connectivity index (χ0n) is 10.4. The minimum atomic E-state index is 0.0157. The summed E-state index contributed by atoms with van der Waals surface area (Å²) in [5, 5.41) is 9.48. The highest BCUT2D eigenvalue weighted by atomic mass is 79.9. The molecule has 100 valence electrons. The van der Waals surface area contributed by atoms with Crippen LogP contribution in [0.25, 0.3) is 0 Å². The lowest BCUT2D eigenvalue weighted by Gasteiger charge is -2.06. The van der Waals surface area contributed by atoms with Gasteiger partial charge in [0.1, 0.15) is 0 Å². The second kappa shape index (κ2) is 6.77. The fourth-order valence-electron chi connectivity index (χ4n) is 1.55. The third kappa shape index (κ3) is 4.40. The molecule has 0 bridgehead atoms. The molecule has 4 nitrogen and oxygen atoms in total. The van der Waals surface area contributed by atoms with Gasteiger partial charge in [0.25, 0.3) is 0 Å². The van der Waals surface area contributed by atoms with Gasteiger partial charge in [-0.15, -0.1) is 11.8 Å². The van der Waals surface area contributed by atoms with Crippen LogP contribution in [-0.4, -0.2) is 21.9 Å². The molecule has 0 saturated carbocycles. The number of halogens is 1. The average molecular weight is 340 g/mol. The Kier molecular flexibility index (Phi) is 5.04. The molecular formula is C13H14BrN3OS. The Labute approximate surface area is 124 Å². The van der Waals surface area contributed by atoms with E-state index in [0.29, 0.717) is 12.3 Å². The first-order chi connectivity index (χ1) is 9.15. The van der Waals surface area contributed by atoms with Gasteiger partial charge in [0, 0.05) is 15.6 Å². The summed E-state index contributed by atoms with van der Waals surface area (Å²) in [6.45, 7) is 2.52. The van der Waals surface area contributed by atoms with Gasteiger partial charge in [-0.2, -0.15) is 5.10 Å². The summed E-state index contributed by atoms with van der Waals surface area (Å²) < 4.78 is 1.05. The maximum absolute atomic E-state index is 11.7.